The monoisotopic (exact) mass is 1080 g/mol. The molecule has 0 N–H and O–H groups in total. The number of para-hydroxylation sites is 2. The highest BCUT2D eigenvalue weighted by Crippen LogP contribution is 2.49. The Kier molecular flexibility index (Phi) is 10.1. The summed E-state index contributed by atoms with van der Waals surface area (Å²) in [4.78, 5) is 0. The molecule has 0 saturated carbocycles. The molecule has 0 aliphatic rings. The van der Waals surface area contributed by atoms with Gasteiger partial charge in [-0.15, -0.1) is 0 Å². The number of nitrogens with zero attached hydrogens (tertiary/aromatic N) is 2. The van der Waals surface area contributed by atoms with E-state index in [1.165, 1.54) is 65.9 Å². The van der Waals surface area contributed by atoms with Crippen LogP contribution in [-0.2, 0) is 21.7 Å². The Balaban J connectivity index is 0.918. The second kappa shape index (κ2) is 16.8. The Morgan fingerprint density at radius 3 is 1.18 bits per heavy atom. The molecule has 5 heterocycles. The first-order valence-corrected chi connectivity index (χ1v) is 29.5. The Labute approximate surface area is 482 Å². The van der Waals surface area contributed by atoms with Crippen molar-refractivity contribution in [3.8, 4) is 22.5 Å². The number of hydrogen-bond donors (Lipinski definition) is 0. The summed E-state index contributed by atoms with van der Waals surface area (Å²) in [5.74, 6) is 0. The lowest BCUT2D eigenvalue weighted by Crippen LogP contribution is -2.10. The van der Waals surface area contributed by atoms with Crippen molar-refractivity contribution in [3.05, 3.63) is 204 Å². The van der Waals surface area contributed by atoms with Crippen LogP contribution in [0, 0.1) is 0 Å². The van der Waals surface area contributed by atoms with E-state index in [9.17, 15) is 0 Å². The summed E-state index contributed by atoms with van der Waals surface area (Å²) in [6, 6.07) is 68.0. The molecule has 0 bridgehead atoms. The Hall–Kier alpha value is -9.06. The molecule has 11 aromatic carbocycles. The molecule has 5 aromatic heterocycles. The van der Waals surface area contributed by atoms with Crippen molar-refractivity contribution >= 4 is 131 Å². The Bertz CT molecular complexity index is 5340. The minimum Gasteiger partial charge on any atom is -0.456 e. The quantitative estimate of drug-likeness (QED) is 0.177. The largest absolute Gasteiger partial charge is 0.456 e. The number of furan rings is 3. The number of aromatic nitrogens is 2. The molecule has 0 fully saturated rings. The van der Waals surface area contributed by atoms with E-state index in [4.69, 9.17) is 13.3 Å². The SMILES string of the molecule is CC(C)(C)c1ccc2c(c1)c1cc(C(C)(C)C)ccc1n2-c1ccc2cc3c(cc2c1)oc1cc(-c2cccc4c2oc2ccccc24)c2oc4cc5cc(-n6c7ccc(C(C)(C)C)cc7c7cc(C(C)(C)C)ccc76)ccc5cc4c2c13. The summed E-state index contributed by atoms with van der Waals surface area (Å²) >= 11 is 0. The second-order valence-corrected chi connectivity index (χ2v) is 27.8. The molecule has 0 radical (unpaired) electrons. The molecule has 83 heavy (non-hydrogen) atoms. The van der Waals surface area contributed by atoms with Gasteiger partial charge < -0.3 is 22.4 Å². The average molecular weight is 1080 g/mol. The zero-order valence-electron chi connectivity index (χ0n) is 49.4. The maximum Gasteiger partial charge on any atom is 0.144 e. The van der Waals surface area contributed by atoms with Gasteiger partial charge in [0.2, 0.25) is 0 Å². The van der Waals surface area contributed by atoms with E-state index in [-0.39, 0.29) is 21.7 Å². The van der Waals surface area contributed by atoms with Crippen LogP contribution in [0.3, 0.4) is 0 Å². The summed E-state index contributed by atoms with van der Waals surface area (Å²) < 4.78 is 26.1. The lowest BCUT2D eigenvalue weighted by molar-refractivity contribution is 0.590. The highest BCUT2D eigenvalue weighted by Gasteiger charge is 2.27. The third-order valence-electron chi connectivity index (χ3n) is 18.3. The van der Waals surface area contributed by atoms with E-state index < -0.39 is 0 Å². The Morgan fingerprint density at radius 1 is 0.265 bits per heavy atom. The second-order valence-electron chi connectivity index (χ2n) is 27.8. The summed E-state index contributed by atoms with van der Waals surface area (Å²) in [6.45, 7) is 27.6. The number of hydrogen-bond acceptors (Lipinski definition) is 3. The molecule has 5 nitrogen and oxygen atoms in total. The zero-order valence-corrected chi connectivity index (χ0v) is 49.4. The molecule has 0 amide bonds. The van der Waals surface area contributed by atoms with Crippen LogP contribution in [0.1, 0.15) is 105 Å². The van der Waals surface area contributed by atoms with Gasteiger partial charge in [-0.25, -0.2) is 0 Å². The highest BCUT2D eigenvalue weighted by molar-refractivity contribution is 6.31. The molecule has 0 aliphatic heterocycles. The maximum absolute atomic E-state index is 7.33. The van der Waals surface area contributed by atoms with Crippen LogP contribution in [0.4, 0.5) is 0 Å². The topological polar surface area (TPSA) is 49.3 Å². The number of fused-ring (bicyclic) bond motifs is 18. The summed E-state index contributed by atoms with van der Waals surface area (Å²) in [7, 11) is 0. The van der Waals surface area contributed by atoms with E-state index >= 15 is 0 Å². The van der Waals surface area contributed by atoms with Gasteiger partial charge in [-0.2, -0.15) is 0 Å². The van der Waals surface area contributed by atoms with Gasteiger partial charge in [0.05, 0.1) is 22.1 Å². The Morgan fingerprint density at radius 2 is 0.699 bits per heavy atom. The highest BCUT2D eigenvalue weighted by atomic mass is 16.3. The van der Waals surface area contributed by atoms with Crippen molar-refractivity contribution in [3.63, 3.8) is 0 Å². The van der Waals surface area contributed by atoms with Crippen LogP contribution < -0.4 is 0 Å². The average Bonchev–Trinajstić information content (AvgIpc) is 3.24. The van der Waals surface area contributed by atoms with Crippen molar-refractivity contribution in [2.75, 3.05) is 0 Å². The van der Waals surface area contributed by atoms with Crippen molar-refractivity contribution in [2.24, 2.45) is 0 Å². The normalized spacial score (nSPS) is 13.3. The first-order chi connectivity index (χ1) is 39.6. The van der Waals surface area contributed by atoms with Crippen LogP contribution in [0.5, 0.6) is 0 Å². The van der Waals surface area contributed by atoms with Crippen molar-refractivity contribution in [1.29, 1.82) is 0 Å². The van der Waals surface area contributed by atoms with Gasteiger partial charge >= 0.3 is 0 Å². The third-order valence-corrected chi connectivity index (χ3v) is 18.3. The molecule has 16 aromatic rings. The predicted octanol–water partition coefficient (Wildman–Crippen LogP) is 22.7. The van der Waals surface area contributed by atoms with E-state index in [1.54, 1.807) is 0 Å². The molecule has 5 heteroatoms. The zero-order chi connectivity index (χ0) is 57.0. The minimum atomic E-state index is 0.0137. The van der Waals surface area contributed by atoms with Gasteiger partial charge in [0, 0.05) is 76.4 Å². The fraction of sp³-hybridized carbons (Fsp3) is 0.205. The third kappa shape index (κ3) is 7.45. The van der Waals surface area contributed by atoms with Crippen molar-refractivity contribution in [2.45, 2.75) is 105 Å². The summed E-state index contributed by atoms with van der Waals surface area (Å²) in [5.41, 5.74) is 19.2. The molecule has 16 rings (SSSR count). The van der Waals surface area contributed by atoms with Crippen LogP contribution in [0.25, 0.3) is 153 Å². The van der Waals surface area contributed by atoms with E-state index in [0.29, 0.717) is 0 Å². The standard InChI is InChI=1S/C78H66N2O3/c1-75(2,3)47-22-28-63-56(38-47)57-39-48(76(4,5)6)23-29-64(57)79(63)51-26-20-43-34-61-68(36-45(43)32-51)81-70-42-60(55-18-15-17-54-53-16-13-14-19-67(53)82-73(54)55)74-72(71(61)70)62-35-44-21-27-52(33-46(44)37-69(62)83-74)80-65-30-24-49(77(7,8)9)40-58(65)59-41-50(78(10,11)12)25-31-66(59)80/h13-42H,1-12H3. The van der Waals surface area contributed by atoms with Gasteiger partial charge in [-0.05, 0) is 175 Å². The van der Waals surface area contributed by atoms with Gasteiger partial charge in [-0.1, -0.05) is 156 Å². The van der Waals surface area contributed by atoms with Gasteiger partial charge in [0.15, 0.2) is 0 Å². The molecule has 406 valence electrons. The molecule has 0 atom stereocenters. The van der Waals surface area contributed by atoms with Gasteiger partial charge in [-0.3, -0.25) is 0 Å². The molecule has 0 saturated heterocycles. The molecule has 0 unspecified atom stereocenters. The van der Waals surface area contributed by atoms with Crippen molar-refractivity contribution in [1.82, 2.24) is 9.13 Å². The smallest absolute Gasteiger partial charge is 0.144 e. The van der Waals surface area contributed by atoms with Crippen LogP contribution >= 0.6 is 0 Å². The molecular weight excluding hydrogens is 1010 g/mol. The van der Waals surface area contributed by atoms with Crippen molar-refractivity contribution < 1.29 is 13.3 Å². The number of benzene rings is 11. The lowest BCUT2D eigenvalue weighted by atomic mass is 9.85. The van der Waals surface area contributed by atoms with E-state index in [2.05, 4.69) is 262 Å². The lowest BCUT2D eigenvalue weighted by Gasteiger charge is -2.19. The van der Waals surface area contributed by atoms with Crippen LogP contribution in [0.15, 0.2) is 195 Å². The van der Waals surface area contributed by atoms with Crippen LogP contribution in [-0.4, -0.2) is 9.13 Å². The predicted molar refractivity (Wildman–Crippen MR) is 352 cm³/mol. The summed E-state index contributed by atoms with van der Waals surface area (Å²) in [6.07, 6.45) is 0. The molecular formula is C78H66N2O3. The summed E-state index contributed by atoms with van der Waals surface area (Å²) in [5, 5.41) is 15.9. The van der Waals surface area contributed by atoms with Crippen LogP contribution in [0.2, 0.25) is 0 Å². The van der Waals surface area contributed by atoms with E-state index in [1.807, 2.05) is 12.1 Å². The first-order valence-electron chi connectivity index (χ1n) is 29.5. The fourth-order valence-electron chi connectivity index (χ4n) is 13.6. The van der Waals surface area contributed by atoms with E-state index in [0.717, 1.165) is 110 Å². The maximum atomic E-state index is 7.33. The van der Waals surface area contributed by atoms with Gasteiger partial charge in [0.25, 0.3) is 0 Å². The molecule has 0 aliphatic carbocycles. The van der Waals surface area contributed by atoms with Gasteiger partial charge in [0.1, 0.15) is 33.5 Å². The first kappa shape index (κ1) is 49.7. The fourth-order valence-corrected chi connectivity index (χ4v) is 13.6. The minimum absolute atomic E-state index is 0.0137. The molecule has 0 spiro atoms. The number of rotatable bonds is 3.